The lowest BCUT2D eigenvalue weighted by atomic mass is 10.1. The number of rotatable bonds is 5. The highest BCUT2D eigenvalue weighted by Gasteiger charge is 2.13. The fourth-order valence-electron chi connectivity index (χ4n) is 2.38. The van der Waals surface area contributed by atoms with Crippen molar-refractivity contribution < 1.29 is 4.79 Å². The van der Waals surface area contributed by atoms with Gasteiger partial charge in [-0.3, -0.25) is 9.78 Å². The molecule has 0 aliphatic carbocycles. The summed E-state index contributed by atoms with van der Waals surface area (Å²) in [7, 11) is 3.97. The van der Waals surface area contributed by atoms with E-state index in [-0.39, 0.29) is 5.91 Å². The van der Waals surface area contributed by atoms with Crippen LogP contribution in [0.4, 0.5) is 5.69 Å². The van der Waals surface area contributed by atoms with Gasteiger partial charge in [0.2, 0.25) is 0 Å². The summed E-state index contributed by atoms with van der Waals surface area (Å²) in [6.45, 7) is 3.62. The van der Waals surface area contributed by atoms with Gasteiger partial charge in [0.15, 0.2) is 0 Å². The highest BCUT2D eigenvalue weighted by atomic mass is 16.1. The Hall–Kier alpha value is -1.62. The van der Waals surface area contributed by atoms with Gasteiger partial charge in [-0.1, -0.05) is 0 Å². The van der Waals surface area contributed by atoms with Crippen molar-refractivity contribution in [2.75, 3.05) is 45.2 Å². The second kappa shape index (κ2) is 7.24. The number of hydrogen-bond acceptors (Lipinski definition) is 4. The minimum Gasteiger partial charge on any atom is -0.371 e. The molecular formula is C15H24N4O. The number of hydrogen-bond donors (Lipinski definition) is 1. The molecule has 1 aromatic heterocycles. The number of nitrogens with zero attached hydrogens (tertiary/aromatic N) is 3. The van der Waals surface area contributed by atoms with Crippen molar-refractivity contribution in [3.05, 3.63) is 24.0 Å². The normalized spacial score (nSPS) is 15.4. The van der Waals surface area contributed by atoms with Crippen LogP contribution in [0, 0.1) is 0 Å². The van der Waals surface area contributed by atoms with Crippen molar-refractivity contribution in [2.45, 2.75) is 19.3 Å². The third-order valence-corrected chi connectivity index (χ3v) is 3.54. The smallest absolute Gasteiger partial charge is 0.269 e. The van der Waals surface area contributed by atoms with Gasteiger partial charge in [-0.2, -0.15) is 0 Å². The summed E-state index contributed by atoms with van der Waals surface area (Å²) < 4.78 is 0. The van der Waals surface area contributed by atoms with Gasteiger partial charge >= 0.3 is 0 Å². The number of amides is 1. The molecule has 0 radical (unpaired) electrons. The maximum Gasteiger partial charge on any atom is 0.269 e. The Morgan fingerprint density at radius 1 is 1.35 bits per heavy atom. The second-order valence-corrected chi connectivity index (χ2v) is 5.51. The predicted octanol–water partition coefficient (Wildman–Crippen LogP) is 1.36. The summed E-state index contributed by atoms with van der Waals surface area (Å²) in [4.78, 5) is 20.6. The topological polar surface area (TPSA) is 48.5 Å². The predicted molar refractivity (Wildman–Crippen MR) is 81.2 cm³/mol. The van der Waals surface area contributed by atoms with E-state index >= 15 is 0 Å². The molecule has 5 nitrogen and oxygen atoms in total. The van der Waals surface area contributed by atoms with E-state index in [1.807, 2.05) is 31.1 Å². The molecule has 0 spiro atoms. The average Bonchev–Trinajstić information content (AvgIpc) is 2.48. The Morgan fingerprint density at radius 2 is 2.10 bits per heavy atom. The van der Waals surface area contributed by atoms with Crippen LogP contribution in [0.1, 0.15) is 29.8 Å². The van der Waals surface area contributed by atoms with Crippen LogP contribution >= 0.6 is 0 Å². The molecule has 5 heteroatoms. The number of pyridine rings is 1. The largest absolute Gasteiger partial charge is 0.371 e. The van der Waals surface area contributed by atoms with Crippen molar-refractivity contribution in [1.29, 1.82) is 0 Å². The van der Waals surface area contributed by atoms with Gasteiger partial charge < -0.3 is 15.1 Å². The summed E-state index contributed by atoms with van der Waals surface area (Å²) in [5.41, 5.74) is 1.62. The first-order valence-corrected chi connectivity index (χ1v) is 7.31. The van der Waals surface area contributed by atoms with Crippen molar-refractivity contribution in [3.8, 4) is 0 Å². The highest BCUT2D eigenvalue weighted by molar-refractivity contribution is 5.93. The fourth-order valence-corrected chi connectivity index (χ4v) is 2.38. The Bertz CT molecular complexity index is 441. The first kappa shape index (κ1) is 14.8. The van der Waals surface area contributed by atoms with Crippen LogP contribution < -0.4 is 10.2 Å². The Kier molecular flexibility index (Phi) is 5.35. The van der Waals surface area contributed by atoms with Crippen LogP contribution in [-0.2, 0) is 0 Å². The SMILES string of the molecule is CN(C)CCNC(=O)c1cc(N2CCCCC2)ccn1. The lowest BCUT2D eigenvalue weighted by Crippen LogP contribution is -2.32. The van der Waals surface area contributed by atoms with Gasteiger partial charge in [0.1, 0.15) is 5.69 Å². The van der Waals surface area contributed by atoms with Gasteiger partial charge in [0.25, 0.3) is 5.91 Å². The Balaban J connectivity index is 1.96. The molecule has 1 N–H and O–H groups in total. The molecule has 1 aliphatic heterocycles. The average molecular weight is 276 g/mol. The zero-order chi connectivity index (χ0) is 14.4. The van der Waals surface area contributed by atoms with Crippen LogP contribution in [0.5, 0.6) is 0 Å². The van der Waals surface area contributed by atoms with Crippen molar-refractivity contribution in [3.63, 3.8) is 0 Å². The molecule has 1 amide bonds. The molecule has 0 atom stereocenters. The molecule has 20 heavy (non-hydrogen) atoms. The standard InChI is InChI=1S/C15H24N4O/c1-18(2)11-8-17-15(20)14-12-13(6-7-16-14)19-9-4-3-5-10-19/h6-7,12H,3-5,8-11H2,1-2H3,(H,17,20). The van der Waals surface area contributed by atoms with E-state index in [0.29, 0.717) is 12.2 Å². The van der Waals surface area contributed by atoms with Gasteiger partial charge in [0, 0.05) is 38.1 Å². The Morgan fingerprint density at radius 3 is 2.80 bits per heavy atom. The molecule has 1 saturated heterocycles. The minimum absolute atomic E-state index is 0.0919. The summed E-state index contributed by atoms with van der Waals surface area (Å²) in [5.74, 6) is -0.0919. The van der Waals surface area contributed by atoms with E-state index < -0.39 is 0 Å². The minimum atomic E-state index is -0.0919. The highest BCUT2D eigenvalue weighted by Crippen LogP contribution is 2.19. The number of likely N-dealkylation sites (N-methyl/N-ethyl adjacent to an activating group) is 1. The molecular weight excluding hydrogens is 252 g/mol. The van der Waals surface area contributed by atoms with Crippen LogP contribution in [0.25, 0.3) is 0 Å². The Labute approximate surface area is 121 Å². The number of carbonyl (C=O) groups excluding carboxylic acids is 1. The van der Waals surface area contributed by atoms with Crippen molar-refractivity contribution in [2.24, 2.45) is 0 Å². The zero-order valence-electron chi connectivity index (χ0n) is 12.4. The first-order chi connectivity index (χ1) is 9.66. The molecule has 0 bridgehead atoms. The first-order valence-electron chi connectivity index (χ1n) is 7.31. The fraction of sp³-hybridized carbons (Fsp3) is 0.600. The number of piperidine rings is 1. The maximum absolute atomic E-state index is 12.1. The lowest BCUT2D eigenvalue weighted by Gasteiger charge is -2.28. The number of aromatic nitrogens is 1. The third kappa shape index (κ3) is 4.20. The molecule has 1 fully saturated rings. The van der Waals surface area contributed by atoms with E-state index in [4.69, 9.17) is 0 Å². The van der Waals surface area contributed by atoms with Crippen LogP contribution in [0.3, 0.4) is 0 Å². The molecule has 0 saturated carbocycles. The van der Waals surface area contributed by atoms with E-state index in [2.05, 4.69) is 15.2 Å². The molecule has 0 aromatic carbocycles. The quantitative estimate of drug-likeness (QED) is 0.882. The van der Waals surface area contributed by atoms with E-state index in [9.17, 15) is 4.79 Å². The van der Waals surface area contributed by atoms with Gasteiger partial charge in [-0.15, -0.1) is 0 Å². The zero-order valence-corrected chi connectivity index (χ0v) is 12.4. The molecule has 2 rings (SSSR count). The lowest BCUT2D eigenvalue weighted by molar-refractivity contribution is 0.0946. The van der Waals surface area contributed by atoms with E-state index in [0.717, 1.165) is 25.3 Å². The monoisotopic (exact) mass is 276 g/mol. The molecule has 2 heterocycles. The summed E-state index contributed by atoms with van der Waals surface area (Å²) in [6.07, 6.45) is 5.49. The summed E-state index contributed by atoms with van der Waals surface area (Å²) in [6, 6.07) is 3.89. The summed E-state index contributed by atoms with van der Waals surface area (Å²) >= 11 is 0. The molecule has 1 aromatic rings. The van der Waals surface area contributed by atoms with Gasteiger partial charge in [-0.25, -0.2) is 0 Å². The van der Waals surface area contributed by atoms with E-state index in [1.54, 1.807) is 6.20 Å². The van der Waals surface area contributed by atoms with Crippen LogP contribution in [0.2, 0.25) is 0 Å². The molecule has 0 unspecified atom stereocenters. The van der Waals surface area contributed by atoms with Crippen molar-refractivity contribution in [1.82, 2.24) is 15.2 Å². The van der Waals surface area contributed by atoms with Gasteiger partial charge in [0.05, 0.1) is 0 Å². The number of anilines is 1. The van der Waals surface area contributed by atoms with E-state index in [1.165, 1.54) is 19.3 Å². The molecule has 1 aliphatic rings. The summed E-state index contributed by atoms with van der Waals surface area (Å²) in [5, 5.41) is 2.90. The number of carbonyl (C=O) groups is 1. The molecule has 110 valence electrons. The van der Waals surface area contributed by atoms with Crippen molar-refractivity contribution >= 4 is 11.6 Å². The maximum atomic E-state index is 12.1. The number of nitrogens with one attached hydrogen (secondary N) is 1. The second-order valence-electron chi connectivity index (χ2n) is 5.51. The third-order valence-electron chi connectivity index (χ3n) is 3.54. The van der Waals surface area contributed by atoms with Crippen LogP contribution in [0.15, 0.2) is 18.3 Å². The van der Waals surface area contributed by atoms with Crippen LogP contribution in [-0.4, -0.2) is 56.1 Å². The van der Waals surface area contributed by atoms with Gasteiger partial charge in [-0.05, 0) is 45.5 Å².